The van der Waals surface area contributed by atoms with Crippen molar-refractivity contribution in [1.29, 1.82) is 0 Å². The zero-order valence-corrected chi connectivity index (χ0v) is 15.5. The SMILES string of the molecule is CC(Sc1nnc(C2CC2)n1C1CC1)C(=O)NC1CCCCC1C. The zero-order valence-electron chi connectivity index (χ0n) is 14.7. The van der Waals surface area contributed by atoms with Crippen LogP contribution in [-0.2, 0) is 4.79 Å². The summed E-state index contributed by atoms with van der Waals surface area (Å²) in [6.45, 7) is 4.25. The molecule has 0 bridgehead atoms. The second-order valence-electron chi connectivity index (χ2n) is 7.85. The summed E-state index contributed by atoms with van der Waals surface area (Å²) in [7, 11) is 0. The molecular weight excluding hydrogens is 320 g/mol. The molecule has 5 nitrogen and oxygen atoms in total. The van der Waals surface area contributed by atoms with Gasteiger partial charge in [0.2, 0.25) is 5.91 Å². The van der Waals surface area contributed by atoms with Gasteiger partial charge in [0.15, 0.2) is 5.16 Å². The first-order valence-electron chi connectivity index (χ1n) is 9.55. The summed E-state index contributed by atoms with van der Waals surface area (Å²) in [4.78, 5) is 12.6. The van der Waals surface area contributed by atoms with Crippen molar-refractivity contribution in [2.45, 2.75) is 93.6 Å². The molecule has 3 atom stereocenters. The van der Waals surface area contributed by atoms with Gasteiger partial charge in [-0.2, -0.15) is 0 Å². The molecule has 0 spiro atoms. The molecule has 3 fully saturated rings. The number of thioether (sulfide) groups is 1. The molecule has 3 saturated carbocycles. The van der Waals surface area contributed by atoms with E-state index in [1.54, 1.807) is 11.8 Å². The molecule has 0 radical (unpaired) electrons. The van der Waals surface area contributed by atoms with Crippen LogP contribution in [0.25, 0.3) is 0 Å². The van der Waals surface area contributed by atoms with E-state index in [-0.39, 0.29) is 11.2 Å². The average Bonchev–Trinajstić information content (AvgIpc) is 3.49. The van der Waals surface area contributed by atoms with Crippen molar-refractivity contribution in [3.8, 4) is 0 Å². The largest absolute Gasteiger partial charge is 0.352 e. The third-order valence-electron chi connectivity index (χ3n) is 5.64. The van der Waals surface area contributed by atoms with E-state index in [1.807, 2.05) is 6.92 Å². The number of carbonyl (C=O) groups excluding carboxylic acids is 1. The van der Waals surface area contributed by atoms with E-state index in [0.717, 1.165) is 17.4 Å². The molecule has 1 heterocycles. The minimum Gasteiger partial charge on any atom is -0.352 e. The van der Waals surface area contributed by atoms with Crippen LogP contribution < -0.4 is 5.32 Å². The molecule has 1 N–H and O–H groups in total. The third-order valence-corrected chi connectivity index (χ3v) is 6.69. The first-order valence-corrected chi connectivity index (χ1v) is 10.4. The standard InChI is InChI=1S/C18H28N4OS/c1-11-5-3-4-6-15(11)19-17(23)12(2)24-18-21-20-16(13-7-8-13)22(18)14-9-10-14/h11-15H,3-10H2,1-2H3,(H,19,23). The van der Waals surface area contributed by atoms with Crippen LogP contribution in [0.5, 0.6) is 0 Å². The Bertz CT molecular complexity index is 608. The number of carbonyl (C=O) groups is 1. The van der Waals surface area contributed by atoms with Crippen LogP contribution >= 0.6 is 11.8 Å². The Hall–Kier alpha value is -1.04. The van der Waals surface area contributed by atoms with E-state index >= 15 is 0 Å². The number of nitrogens with zero attached hydrogens (tertiary/aromatic N) is 3. The van der Waals surface area contributed by atoms with E-state index in [2.05, 4.69) is 27.0 Å². The van der Waals surface area contributed by atoms with Crippen LogP contribution in [0.2, 0.25) is 0 Å². The molecule has 1 aromatic rings. The summed E-state index contributed by atoms with van der Waals surface area (Å²) in [6, 6.07) is 0.921. The number of amides is 1. The Kier molecular flexibility index (Phi) is 4.58. The van der Waals surface area contributed by atoms with Gasteiger partial charge in [-0.05, 0) is 51.4 Å². The van der Waals surface area contributed by atoms with Crippen LogP contribution in [0.4, 0.5) is 0 Å². The van der Waals surface area contributed by atoms with E-state index in [4.69, 9.17) is 0 Å². The van der Waals surface area contributed by atoms with Gasteiger partial charge in [0.25, 0.3) is 0 Å². The van der Waals surface area contributed by atoms with E-state index in [9.17, 15) is 4.79 Å². The predicted molar refractivity (Wildman–Crippen MR) is 95.1 cm³/mol. The predicted octanol–water partition coefficient (Wildman–Crippen LogP) is 3.67. The fourth-order valence-corrected chi connectivity index (χ4v) is 4.64. The third kappa shape index (κ3) is 3.48. The van der Waals surface area contributed by atoms with Gasteiger partial charge in [0, 0.05) is 18.0 Å². The molecule has 1 aromatic heterocycles. The molecule has 0 aromatic carbocycles. The van der Waals surface area contributed by atoms with Crippen molar-refractivity contribution in [1.82, 2.24) is 20.1 Å². The van der Waals surface area contributed by atoms with Crippen LogP contribution in [-0.4, -0.2) is 32.0 Å². The molecule has 132 valence electrons. The normalized spacial score (nSPS) is 28.6. The van der Waals surface area contributed by atoms with Crippen LogP contribution in [0.1, 0.15) is 83.0 Å². The topological polar surface area (TPSA) is 59.8 Å². The lowest BCUT2D eigenvalue weighted by Crippen LogP contribution is -2.44. The summed E-state index contributed by atoms with van der Waals surface area (Å²) in [5.41, 5.74) is 0. The van der Waals surface area contributed by atoms with Gasteiger partial charge in [0.1, 0.15) is 5.82 Å². The highest BCUT2D eigenvalue weighted by Crippen LogP contribution is 2.46. The van der Waals surface area contributed by atoms with Crippen LogP contribution in [0.15, 0.2) is 5.16 Å². The lowest BCUT2D eigenvalue weighted by atomic mass is 9.86. The molecule has 4 rings (SSSR count). The fraction of sp³-hybridized carbons (Fsp3) is 0.833. The molecule has 3 aliphatic carbocycles. The number of hydrogen-bond donors (Lipinski definition) is 1. The number of hydrogen-bond acceptors (Lipinski definition) is 4. The second-order valence-corrected chi connectivity index (χ2v) is 9.16. The number of aromatic nitrogens is 3. The Morgan fingerprint density at radius 3 is 2.58 bits per heavy atom. The fourth-order valence-electron chi connectivity index (χ4n) is 3.71. The number of rotatable bonds is 6. The lowest BCUT2D eigenvalue weighted by Gasteiger charge is -2.30. The van der Waals surface area contributed by atoms with Gasteiger partial charge in [-0.3, -0.25) is 4.79 Å². The Morgan fingerprint density at radius 2 is 1.92 bits per heavy atom. The van der Waals surface area contributed by atoms with Crippen molar-refractivity contribution >= 4 is 17.7 Å². The highest BCUT2D eigenvalue weighted by Gasteiger charge is 2.37. The lowest BCUT2D eigenvalue weighted by molar-refractivity contribution is -0.121. The quantitative estimate of drug-likeness (QED) is 0.797. The first kappa shape index (κ1) is 16.4. The molecule has 3 aliphatic rings. The smallest absolute Gasteiger partial charge is 0.233 e. The van der Waals surface area contributed by atoms with Crippen LogP contribution in [0.3, 0.4) is 0 Å². The molecule has 24 heavy (non-hydrogen) atoms. The first-order chi connectivity index (χ1) is 11.6. The number of nitrogens with one attached hydrogen (secondary N) is 1. The van der Waals surface area contributed by atoms with Gasteiger partial charge in [-0.1, -0.05) is 31.5 Å². The van der Waals surface area contributed by atoms with E-state index in [1.165, 1.54) is 44.9 Å². The summed E-state index contributed by atoms with van der Waals surface area (Å²) >= 11 is 1.58. The van der Waals surface area contributed by atoms with Crippen molar-refractivity contribution in [2.24, 2.45) is 5.92 Å². The minimum absolute atomic E-state index is 0.118. The minimum atomic E-state index is -0.118. The summed E-state index contributed by atoms with van der Waals surface area (Å²) in [5.74, 6) is 2.52. The highest BCUT2D eigenvalue weighted by atomic mass is 32.2. The molecule has 3 unspecified atom stereocenters. The highest BCUT2D eigenvalue weighted by molar-refractivity contribution is 8.00. The Labute approximate surface area is 148 Å². The van der Waals surface area contributed by atoms with Gasteiger partial charge in [0.05, 0.1) is 5.25 Å². The maximum atomic E-state index is 12.6. The Balaban J connectivity index is 1.40. The Morgan fingerprint density at radius 1 is 1.17 bits per heavy atom. The summed E-state index contributed by atoms with van der Waals surface area (Å²) in [5, 5.41) is 13.0. The van der Waals surface area contributed by atoms with Crippen molar-refractivity contribution in [2.75, 3.05) is 0 Å². The van der Waals surface area contributed by atoms with Crippen molar-refractivity contribution in [3.63, 3.8) is 0 Å². The van der Waals surface area contributed by atoms with Gasteiger partial charge in [-0.25, -0.2) is 0 Å². The van der Waals surface area contributed by atoms with Gasteiger partial charge < -0.3 is 9.88 Å². The summed E-state index contributed by atoms with van der Waals surface area (Å²) in [6.07, 6.45) is 9.82. The molecule has 1 amide bonds. The van der Waals surface area contributed by atoms with E-state index in [0.29, 0.717) is 23.9 Å². The monoisotopic (exact) mass is 348 g/mol. The maximum absolute atomic E-state index is 12.6. The molecule has 0 saturated heterocycles. The maximum Gasteiger partial charge on any atom is 0.233 e. The van der Waals surface area contributed by atoms with Crippen LogP contribution in [0, 0.1) is 5.92 Å². The van der Waals surface area contributed by atoms with Crippen molar-refractivity contribution < 1.29 is 4.79 Å². The summed E-state index contributed by atoms with van der Waals surface area (Å²) < 4.78 is 2.33. The van der Waals surface area contributed by atoms with Crippen molar-refractivity contribution in [3.05, 3.63) is 5.82 Å². The van der Waals surface area contributed by atoms with E-state index < -0.39 is 0 Å². The molecule has 0 aliphatic heterocycles. The zero-order chi connectivity index (χ0) is 16.7. The molecular formula is C18H28N4OS. The second kappa shape index (κ2) is 6.70. The van der Waals surface area contributed by atoms with Gasteiger partial charge >= 0.3 is 0 Å². The molecule has 6 heteroatoms. The average molecular weight is 349 g/mol. The van der Waals surface area contributed by atoms with Gasteiger partial charge in [-0.15, -0.1) is 10.2 Å².